The molecule has 3 aromatic carbocycles. The first-order valence-electron chi connectivity index (χ1n) is 5.00. The van der Waals surface area contributed by atoms with E-state index in [0.29, 0.717) is 0 Å². The third kappa shape index (κ3) is 9.82. The molecular weight excluding hydrogens is 349 g/mol. The van der Waals surface area contributed by atoms with Gasteiger partial charge in [-0.1, -0.05) is 0 Å². The van der Waals surface area contributed by atoms with E-state index in [-0.39, 0.29) is 36.9 Å². The van der Waals surface area contributed by atoms with Crippen LogP contribution >= 0.6 is 0 Å². The molecule has 0 fully saturated rings. The molecule has 0 nitrogen and oxygen atoms in total. The van der Waals surface area contributed by atoms with E-state index < -0.39 is 0 Å². The molecule has 0 amide bonds. The first-order valence-corrected chi connectivity index (χ1v) is 5.00. The summed E-state index contributed by atoms with van der Waals surface area (Å²) in [5.41, 5.74) is 0. The van der Waals surface area contributed by atoms with Crippen LogP contribution < -0.4 is 0 Å². The summed E-state index contributed by atoms with van der Waals surface area (Å²) >= 11 is 0. The zero-order chi connectivity index (χ0) is 10.6. The molecule has 1 radical (unpaired) electrons. The van der Waals surface area contributed by atoms with Crippen molar-refractivity contribution >= 4 is 0 Å². The molecule has 3 rings (SSSR count). The Bertz CT molecular complexity index is 237. The third-order valence-corrected chi connectivity index (χ3v) is 1.67. The van der Waals surface area contributed by atoms with E-state index in [1.54, 1.807) is 0 Å². The monoisotopic (exact) mass is 364 g/mol. The molecule has 0 bridgehead atoms. The fourth-order valence-electron chi connectivity index (χ4n) is 0.962. The van der Waals surface area contributed by atoms with Gasteiger partial charge < -0.3 is 0 Å². The molecule has 0 atom stereocenters. The topological polar surface area (TPSA) is 0 Å². The predicted octanol–water partition coefficient (Wildman–Crippen LogP) is 4.22. The van der Waals surface area contributed by atoms with Crippen molar-refractivity contribution in [3.63, 3.8) is 0 Å². The van der Waals surface area contributed by atoms with Crippen LogP contribution in [-0.4, -0.2) is 0 Å². The van der Waals surface area contributed by atoms with Crippen LogP contribution in [0, 0.1) is 36.9 Å². The maximum Gasteiger partial charge on any atom is 0 e. The maximum absolute atomic E-state index is 2.00. The van der Waals surface area contributed by atoms with Gasteiger partial charge in [0.05, 0.1) is 0 Å². The van der Waals surface area contributed by atoms with Crippen LogP contribution in [0.3, 0.4) is 0 Å². The fourth-order valence-corrected chi connectivity index (χ4v) is 0.962. The number of hydrogen-bond donors (Lipinski definition) is 0. The SMILES string of the molecule is [Tm].c1cc[cH-]c1.c1cc[cH-]c1.c1cc[cH-]c1. The molecule has 0 N–H and O–H groups in total. The van der Waals surface area contributed by atoms with Crippen LogP contribution in [0.4, 0.5) is 0 Å². The van der Waals surface area contributed by atoms with Gasteiger partial charge in [0.25, 0.3) is 0 Å². The molecule has 0 saturated heterocycles. The van der Waals surface area contributed by atoms with Crippen molar-refractivity contribution in [2.75, 3.05) is 0 Å². The zero-order valence-electron chi connectivity index (χ0n) is 8.94. The van der Waals surface area contributed by atoms with Crippen LogP contribution in [0.15, 0.2) is 91.0 Å². The molecule has 1 heteroatoms. The second kappa shape index (κ2) is 12.4. The standard InChI is InChI=1S/3C5H5.Tm/c3*1-2-4-5-3-1;/h3*1-5H;/q3*-1;. The van der Waals surface area contributed by atoms with E-state index >= 15 is 0 Å². The first kappa shape index (κ1) is 15.3. The van der Waals surface area contributed by atoms with Crippen molar-refractivity contribution in [2.24, 2.45) is 0 Å². The molecule has 16 heavy (non-hydrogen) atoms. The van der Waals surface area contributed by atoms with Crippen LogP contribution in [0.5, 0.6) is 0 Å². The Morgan fingerprint density at radius 2 is 0.562 bits per heavy atom. The molecule has 0 aromatic heterocycles. The van der Waals surface area contributed by atoms with Gasteiger partial charge in [-0.3, -0.25) is 0 Å². The summed E-state index contributed by atoms with van der Waals surface area (Å²) in [4.78, 5) is 0. The van der Waals surface area contributed by atoms with E-state index in [1.807, 2.05) is 91.0 Å². The van der Waals surface area contributed by atoms with Crippen molar-refractivity contribution in [3.05, 3.63) is 91.0 Å². The van der Waals surface area contributed by atoms with Crippen LogP contribution in [0.25, 0.3) is 0 Å². The Kier molecular flexibility index (Phi) is 11.8. The second-order valence-electron chi connectivity index (χ2n) is 2.89. The van der Waals surface area contributed by atoms with Gasteiger partial charge in [-0.15, -0.1) is 0 Å². The summed E-state index contributed by atoms with van der Waals surface area (Å²) in [7, 11) is 0. The molecular formula is C15H15Tm-3. The molecule has 0 saturated carbocycles. The average Bonchev–Trinajstić information content (AvgIpc) is 3.09. The van der Waals surface area contributed by atoms with E-state index in [2.05, 4.69) is 0 Å². The van der Waals surface area contributed by atoms with Gasteiger partial charge in [0.1, 0.15) is 0 Å². The summed E-state index contributed by atoms with van der Waals surface area (Å²) in [6.45, 7) is 0. The largest absolute Gasteiger partial charge is 0.214 e. The summed E-state index contributed by atoms with van der Waals surface area (Å²) in [6, 6.07) is 30.0. The number of rotatable bonds is 0. The molecule has 0 aliphatic carbocycles. The van der Waals surface area contributed by atoms with E-state index in [4.69, 9.17) is 0 Å². The summed E-state index contributed by atoms with van der Waals surface area (Å²) in [5, 5.41) is 0. The van der Waals surface area contributed by atoms with Gasteiger partial charge in [0, 0.05) is 36.9 Å². The Morgan fingerprint density at radius 1 is 0.375 bits per heavy atom. The van der Waals surface area contributed by atoms with Gasteiger partial charge in [-0.25, -0.2) is 36.4 Å². The minimum atomic E-state index is 0. The number of hydrogen-bond acceptors (Lipinski definition) is 0. The molecule has 91 valence electrons. The van der Waals surface area contributed by atoms with Crippen molar-refractivity contribution in [1.82, 2.24) is 0 Å². The quantitative estimate of drug-likeness (QED) is 0.524. The van der Waals surface area contributed by atoms with Crippen LogP contribution in [0.1, 0.15) is 0 Å². The minimum Gasteiger partial charge on any atom is -0.214 e. The van der Waals surface area contributed by atoms with E-state index in [9.17, 15) is 0 Å². The first-order chi connectivity index (χ1) is 7.50. The third-order valence-electron chi connectivity index (χ3n) is 1.67. The van der Waals surface area contributed by atoms with E-state index in [0.717, 1.165) is 0 Å². The van der Waals surface area contributed by atoms with Crippen molar-refractivity contribution in [3.8, 4) is 0 Å². The van der Waals surface area contributed by atoms with Crippen molar-refractivity contribution in [2.45, 2.75) is 0 Å². The van der Waals surface area contributed by atoms with Gasteiger partial charge in [0.2, 0.25) is 0 Å². The molecule has 0 spiro atoms. The molecule has 0 heterocycles. The van der Waals surface area contributed by atoms with Gasteiger partial charge >= 0.3 is 0 Å². The Labute approximate surface area is 127 Å². The molecule has 0 unspecified atom stereocenters. The minimum absolute atomic E-state index is 0. The zero-order valence-corrected chi connectivity index (χ0v) is 10.7. The normalized spacial score (nSPS) is 7.50. The van der Waals surface area contributed by atoms with Crippen molar-refractivity contribution in [1.29, 1.82) is 0 Å². The summed E-state index contributed by atoms with van der Waals surface area (Å²) in [6.07, 6.45) is 0. The maximum atomic E-state index is 2.00. The predicted molar refractivity (Wildman–Crippen MR) is 66.1 cm³/mol. The Hall–Kier alpha value is -0.716. The van der Waals surface area contributed by atoms with Crippen LogP contribution in [0.2, 0.25) is 0 Å². The average molecular weight is 364 g/mol. The van der Waals surface area contributed by atoms with Crippen LogP contribution in [-0.2, 0) is 0 Å². The smallest absolute Gasteiger partial charge is 0 e. The fraction of sp³-hybridized carbons (Fsp3) is 0. The van der Waals surface area contributed by atoms with Gasteiger partial charge in [0.15, 0.2) is 0 Å². The molecule has 3 aromatic rings. The van der Waals surface area contributed by atoms with Gasteiger partial charge in [-0.2, -0.15) is 54.6 Å². The Balaban J connectivity index is 0.000000205. The molecule has 0 aliphatic rings. The summed E-state index contributed by atoms with van der Waals surface area (Å²) in [5.74, 6) is 0. The van der Waals surface area contributed by atoms with Crippen molar-refractivity contribution < 1.29 is 36.9 Å². The Morgan fingerprint density at radius 3 is 0.625 bits per heavy atom. The van der Waals surface area contributed by atoms with Gasteiger partial charge in [-0.05, 0) is 0 Å². The molecule has 0 aliphatic heterocycles. The summed E-state index contributed by atoms with van der Waals surface area (Å²) < 4.78 is 0. The second-order valence-corrected chi connectivity index (χ2v) is 2.89. The van der Waals surface area contributed by atoms with E-state index in [1.165, 1.54) is 0 Å².